The van der Waals surface area contributed by atoms with Gasteiger partial charge in [-0.05, 0) is 42.3 Å². The second kappa shape index (κ2) is 11.2. The molecule has 2 atom stereocenters. The lowest BCUT2D eigenvalue weighted by Crippen LogP contribution is -2.24. The topological polar surface area (TPSA) is 89.6 Å². The van der Waals surface area contributed by atoms with Crippen molar-refractivity contribution >= 4 is 23.2 Å². The van der Waals surface area contributed by atoms with Crippen LogP contribution in [-0.2, 0) is 12.0 Å². The lowest BCUT2D eigenvalue weighted by atomic mass is 9.78. The van der Waals surface area contributed by atoms with Crippen LogP contribution in [0.3, 0.4) is 0 Å². The zero-order chi connectivity index (χ0) is 24.0. The zero-order valence-corrected chi connectivity index (χ0v) is 20.4. The van der Waals surface area contributed by atoms with Crippen molar-refractivity contribution in [1.82, 2.24) is 15.0 Å². The average molecular weight is 494 g/mol. The molecule has 0 unspecified atom stereocenters. The maximum atomic E-state index is 10.2. The zero-order valence-electron chi connectivity index (χ0n) is 18.9. The van der Waals surface area contributed by atoms with Gasteiger partial charge in [-0.25, -0.2) is 4.68 Å². The summed E-state index contributed by atoms with van der Waals surface area (Å²) in [6.45, 7) is 6.61. The summed E-state index contributed by atoms with van der Waals surface area (Å²) in [7, 11) is 0. The molecule has 0 spiro atoms. The van der Waals surface area contributed by atoms with Crippen molar-refractivity contribution in [3.63, 3.8) is 0 Å². The van der Waals surface area contributed by atoms with Gasteiger partial charge >= 0.3 is 0 Å². The van der Waals surface area contributed by atoms with Crippen LogP contribution in [0, 0.1) is 6.92 Å². The minimum atomic E-state index is -0.743. The molecule has 3 rings (SSSR count). The van der Waals surface area contributed by atoms with E-state index in [0.29, 0.717) is 23.1 Å². The first-order chi connectivity index (χ1) is 15.7. The average Bonchev–Trinajstić information content (AvgIpc) is 3.21. The van der Waals surface area contributed by atoms with E-state index in [9.17, 15) is 10.2 Å². The van der Waals surface area contributed by atoms with Gasteiger partial charge in [0.2, 0.25) is 0 Å². The fourth-order valence-electron chi connectivity index (χ4n) is 3.32. The summed E-state index contributed by atoms with van der Waals surface area (Å²) in [5, 5.41) is 28.1. The highest BCUT2D eigenvalue weighted by Crippen LogP contribution is 2.36. The number of hydrogen-bond donors (Lipinski definition) is 2. The number of aliphatic hydroxyl groups is 2. The summed E-state index contributed by atoms with van der Waals surface area (Å²) in [5.74, 6) is 1.27. The van der Waals surface area contributed by atoms with E-state index < -0.39 is 12.2 Å². The molecule has 33 heavy (non-hydrogen) atoms. The third kappa shape index (κ3) is 6.84. The molecule has 178 valence electrons. The second-order valence-electron chi connectivity index (χ2n) is 8.46. The maximum Gasteiger partial charge on any atom is 0.138 e. The number of halogens is 2. The second-order valence-corrected chi connectivity index (χ2v) is 9.18. The minimum absolute atomic E-state index is 0.0839. The molecule has 3 aromatic rings. The van der Waals surface area contributed by atoms with Crippen LogP contribution in [-0.4, -0.2) is 56.5 Å². The first-order valence-electron chi connectivity index (χ1n) is 10.6. The number of rotatable bonds is 11. The lowest BCUT2D eigenvalue weighted by Gasteiger charge is -2.27. The minimum Gasteiger partial charge on any atom is -0.491 e. The van der Waals surface area contributed by atoms with Gasteiger partial charge in [-0.15, -0.1) is 16.7 Å². The van der Waals surface area contributed by atoms with Crippen LogP contribution in [0.5, 0.6) is 11.5 Å². The molecule has 0 radical (unpaired) electrons. The Morgan fingerprint density at radius 2 is 1.67 bits per heavy atom. The molecular weight excluding hydrogens is 465 g/mol. The summed E-state index contributed by atoms with van der Waals surface area (Å²) in [5.41, 5.74) is 2.58. The van der Waals surface area contributed by atoms with E-state index in [1.165, 1.54) is 0 Å². The number of ether oxygens (including phenoxy) is 2. The van der Waals surface area contributed by atoms with Crippen molar-refractivity contribution in [1.29, 1.82) is 0 Å². The van der Waals surface area contributed by atoms with E-state index in [1.807, 2.05) is 43.3 Å². The molecule has 0 aliphatic heterocycles. The van der Waals surface area contributed by atoms with E-state index in [0.717, 1.165) is 16.8 Å². The molecule has 1 aromatic heterocycles. The van der Waals surface area contributed by atoms with Crippen molar-refractivity contribution in [2.75, 3.05) is 19.1 Å². The van der Waals surface area contributed by atoms with Crippen LogP contribution in [0.15, 0.2) is 48.7 Å². The van der Waals surface area contributed by atoms with Crippen molar-refractivity contribution in [2.24, 2.45) is 0 Å². The van der Waals surface area contributed by atoms with Crippen LogP contribution in [0.2, 0.25) is 5.02 Å². The number of aromatic nitrogens is 3. The fourth-order valence-corrected chi connectivity index (χ4v) is 3.64. The Kier molecular flexibility index (Phi) is 8.59. The molecule has 7 nitrogen and oxygen atoms in total. The molecular formula is C24H29Cl2N3O4. The molecule has 1 heterocycles. The highest BCUT2D eigenvalue weighted by molar-refractivity contribution is 6.32. The number of benzene rings is 2. The first-order valence-corrected chi connectivity index (χ1v) is 11.5. The van der Waals surface area contributed by atoms with Crippen molar-refractivity contribution in [3.8, 4) is 11.5 Å². The van der Waals surface area contributed by atoms with Crippen LogP contribution in [0.4, 0.5) is 0 Å². The number of hydrogen-bond acceptors (Lipinski definition) is 6. The molecule has 0 aliphatic rings. The molecule has 9 heteroatoms. The normalized spacial score (nSPS) is 13.5. The fraction of sp³-hybridized carbons (Fsp3) is 0.417. The molecule has 0 bridgehead atoms. The van der Waals surface area contributed by atoms with Gasteiger partial charge < -0.3 is 19.7 Å². The Balaban J connectivity index is 1.61. The Labute approximate surface area is 203 Å². The smallest absolute Gasteiger partial charge is 0.138 e. The predicted molar refractivity (Wildman–Crippen MR) is 129 cm³/mol. The summed E-state index contributed by atoms with van der Waals surface area (Å²) in [4.78, 5) is 0. The van der Waals surface area contributed by atoms with E-state index in [-0.39, 0.29) is 24.5 Å². The maximum absolute atomic E-state index is 10.2. The number of aryl methyl sites for hydroxylation is 1. The van der Waals surface area contributed by atoms with Gasteiger partial charge in [0.1, 0.15) is 36.9 Å². The van der Waals surface area contributed by atoms with Gasteiger partial charge in [0, 0.05) is 11.6 Å². The monoisotopic (exact) mass is 493 g/mol. The lowest BCUT2D eigenvalue weighted by molar-refractivity contribution is 0.0888. The highest BCUT2D eigenvalue weighted by atomic mass is 35.5. The summed E-state index contributed by atoms with van der Waals surface area (Å²) < 4.78 is 12.9. The van der Waals surface area contributed by atoms with Crippen LogP contribution in [0.25, 0.3) is 0 Å². The standard InChI is InChI=1S/C24H29Cl2N3O4/c1-16-12-29(28-27-16)13-20(31)15-32-21-7-4-17(5-8-21)24(2,3)18-6-9-23(22(26)10-18)33-14-19(30)11-25/h4-10,12,19-20,30-31H,11,13-15H2,1-3H3/t19-,20-/m1/s1. The Hall–Kier alpha value is -2.32. The number of alkyl halides is 1. The van der Waals surface area contributed by atoms with Gasteiger partial charge in [-0.2, -0.15) is 0 Å². The molecule has 2 N–H and O–H groups in total. The Morgan fingerprint density at radius 3 is 2.27 bits per heavy atom. The number of aliphatic hydroxyl groups excluding tert-OH is 2. The molecule has 0 saturated carbocycles. The quantitative estimate of drug-likeness (QED) is 0.392. The molecule has 0 aliphatic carbocycles. The van der Waals surface area contributed by atoms with E-state index in [4.69, 9.17) is 32.7 Å². The van der Waals surface area contributed by atoms with E-state index in [2.05, 4.69) is 24.2 Å². The van der Waals surface area contributed by atoms with E-state index in [1.54, 1.807) is 16.9 Å². The first kappa shape index (κ1) is 25.3. The van der Waals surface area contributed by atoms with Gasteiger partial charge in [0.15, 0.2) is 0 Å². The van der Waals surface area contributed by atoms with Crippen LogP contribution >= 0.6 is 23.2 Å². The van der Waals surface area contributed by atoms with Gasteiger partial charge in [-0.1, -0.05) is 48.9 Å². The van der Waals surface area contributed by atoms with Crippen molar-refractivity contribution < 1.29 is 19.7 Å². The summed E-state index contributed by atoms with van der Waals surface area (Å²) in [6, 6.07) is 13.4. The van der Waals surface area contributed by atoms with Gasteiger partial charge in [0.25, 0.3) is 0 Å². The van der Waals surface area contributed by atoms with E-state index >= 15 is 0 Å². The highest BCUT2D eigenvalue weighted by Gasteiger charge is 2.24. The van der Waals surface area contributed by atoms with Crippen molar-refractivity contribution in [2.45, 2.75) is 44.9 Å². The molecule has 0 fully saturated rings. The van der Waals surface area contributed by atoms with Crippen LogP contribution in [0.1, 0.15) is 30.7 Å². The predicted octanol–water partition coefficient (Wildman–Crippen LogP) is 3.98. The SMILES string of the molecule is Cc1cn(C[C@@H](O)COc2ccc(C(C)(C)c3ccc(OC[C@H](O)CCl)c(Cl)c3)cc2)nn1. The van der Waals surface area contributed by atoms with Crippen LogP contribution < -0.4 is 9.47 Å². The molecule has 0 saturated heterocycles. The Bertz CT molecular complexity index is 1040. The van der Waals surface area contributed by atoms with Gasteiger partial charge in [-0.3, -0.25) is 0 Å². The summed E-state index contributed by atoms with van der Waals surface area (Å²) >= 11 is 12.0. The number of nitrogens with zero attached hydrogens (tertiary/aromatic N) is 3. The van der Waals surface area contributed by atoms with Gasteiger partial charge in [0.05, 0.1) is 23.1 Å². The van der Waals surface area contributed by atoms with Crippen molar-refractivity contribution in [3.05, 3.63) is 70.5 Å². The largest absolute Gasteiger partial charge is 0.491 e. The summed E-state index contributed by atoms with van der Waals surface area (Å²) in [6.07, 6.45) is 0.331. The third-order valence-corrected chi connectivity index (χ3v) is 5.98. The third-order valence-electron chi connectivity index (χ3n) is 5.33. The Morgan fingerprint density at radius 1 is 1.00 bits per heavy atom. The molecule has 2 aromatic carbocycles. The molecule has 0 amide bonds.